The van der Waals surface area contributed by atoms with E-state index in [0.717, 1.165) is 0 Å². The molecule has 1 aliphatic rings. The van der Waals surface area contributed by atoms with Crippen molar-refractivity contribution in [2.75, 3.05) is 0 Å². The van der Waals surface area contributed by atoms with E-state index < -0.39 is 0 Å². The highest BCUT2D eigenvalue weighted by molar-refractivity contribution is 5.84. The van der Waals surface area contributed by atoms with Crippen molar-refractivity contribution in [3.8, 4) is 0 Å². The number of Topliss-reactive ketones (excluding diaryl/α,β-unsaturated/α-hetero) is 1. The van der Waals surface area contributed by atoms with E-state index in [1.807, 2.05) is 13.8 Å². The first-order chi connectivity index (χ1) is 5.41. The van der Waals surface area contributed by atoms with E-state index in [1.165, 1.54) is 6.92 Å². The molecule has 1 rings (SSSR count). The van der Waals surface area contributed by atoms with E-state index in [-0.39, 0.29) is 23.3 Å². The van der Waals surface area contributed by atoms with Crippen molar-refractivity contribution in [2.45, 2.75) is 39.2 Å². The van der Waals surface area contributed by atoms with E-state index >= 15 is 0 Å². The molecule has 0 N–H and O–H groups in total. The molecule has 0 amide bonds. The summed E-state index contributed by atoms with van der Waals surface area (Å²) >= 11 is 0. The van der Waals surface area contributed by atoms with Crippen LogP contribution in [-0.2, 0) is 14.3 Å². The number of hydrogen-bond donors (Lipinski definition) is 0. The highest BCUT2D eigenvalue weighted by atomic mass is 16.6. The number of ketones is 1. The summed E-state index contributed by atoms with van der Waals surface area (Å²) in [5.74, 6) is -0.387. The number of rotatable bonds is 2. The Morgan fingerprint density at radius 2 is 2.25 bits per heavy atom. The first kappa shape index (κ1) is 9.23. The van der Waals surface area contributed by atoms with E-state index in [0.29, 0.717) is 12.8 Å². The fourth-order valence-corrected chi connectivity index (χ4v) is 1.58. The van der Waals surface area contributed by atoms with Gasteiger partial charge in [-0.2, -0.15) is 0 Å². The van der Waals surface area contributed by atoms with Gasteiger partial charge in [-0.3, -0.25) is 4.79 Å². The molecule has 12 heavy (non-hydrogen) atoms. The third kappa shape index (κ3) is 2.06. The monoisotopic (exact) mass is 170 g/mol. The van der Waals surface area contributed by atoms with E-state index in [1.54, 1.807) is 0 Å². The van der Waals surface area contributed by atoms with E-state index in [4.69, 9.17) is 4.74 Å². The van der Waals surface area contributed by atoms with Crippen LogP contribution in [0.1, 0.15) is 33.6 Å². The molecule has 0 aromatic carbocycles. The highest BCUT2D eigenvalue weighted by Crippen LogP contribution is 2.32. The average molecular weight is 170 g/mol. The fraction of sp³-hybridized carbons (Fsp3) is 0.778. The summed E-state index contributed by atoms with van der Waals surface area (Å²) in [6.45, 7) is 5.23. The Kier molecular flexibility index (Phi) is 2.22. The second-order valence-corrected chi connectivity index (χ2v) is 3.99. The van der Waals surface area contributed by atoms with Gasteiger partial charge in [-0.05, 0) is 20.8 Å². The van der Waals surface area contributed by atoms with Crippen LogP contribution in [0.2, 0.25) is 0 Å². The van der Waals surface area contributed by atoms with Gasteiger partial charge in [-0.1, -0.05) is 0 Å². The standard InChI is InChI=1S/C9H14O3/c1-6(10)4-7-5-9(2,3)12-8(7)11/h7H,4-5H2,1-3H3/t7-/m1/s1. The minimum atomic E-state index is -0.378. The molecule has 0 unspecified atom stereocenters. The molecule has 0 radical (unpaired) electrons. The Bertz CT molecular complexity index is 218. The number of ether oxygens (including phenoxy) is 1. The molecule has 1 saturated heterocycles. The maximum atomic E-state index is 11.2. The lowest BCUT2D eigenvalue weighted by atomic mass is 9.94. The second kappa shape index (κ2) is 2.88. The third-order valence-corrected chi connectivity index (χ3v) is 1.98. The van der Waals surface area contributed by atoms with Crippen LogP contribution in [0.25, 0.3) is 0 Å². The summed E-state index contributed by atoms with van der Waals surface area (Å²) in [4.78, 5) is 21.9. The summed E-state index contributed by atoms with van der Waals surface area (Å²) in [6.07, 6.45) is 0.980. The van der Waals surface area contributed by atoms with Gasteiger partial charge < -0.3 is 9.53 Å². The van der Waals surface area contributed by atoms with Crippen LogP contribution in [0.15, 0.2) is 0 Å². The van der Waals surface area contributed by atoms with Gasteiger partial charge in [0.2, 0.25) is 0 Å². The molecule has 68 valence electrons. The Hall–Kier alpha value is -0.860. The van der Waals surface area contributed by atoms with Gasteiger partial charge in [0.1, 0.15) is 11.4 Å². The van der Waals surface area contributed by atoms with Crippen molar-refractivity contribution in [1.82, 2.24) is 0 Å². The largest absolute Gasteiger partial charge is 0.459 e. The Morgan fingerprint density at radius 1 is 1.67 bits per heavy atom. The van der Waals surface area contributed by atoms with Crippen LogP contribution in [-0.4, -0.2) is 17.4 Å². The van der Waals surface area contributed by atoms with Crippen LogP contribution in [0.5, 0.6) is 0 Å². The second-order valence-electron chi connectivity index (χ2n) is 3.99. The Morgan fingerprint density at radius 3 is 2.58 bits per heavy atom. The predicted octanol–water partition coefficient (Wildman–Crippen LogP) is 1.31. The van der Waals surface area contributed by atoms with Gasteiger partial charge in [-0.15, -0.1) is 0 Å². The van der Waals surface area contributed by atoms with Crippen molar-refractivity contribution in [1.29, 1.82) is 0 Å². The highest BCUT2D eigenvalue weighted by Gasteiger charge is 2.40. The molecule has 1 aliphatic heterocycles. The van der Waals surface area contributed by atoms with Crippen molar-refractivity contribution in [2.24, 2.45) is 5.92 Å². The van der Waals surface area contributed by atoms with Crippen LogP contribution >= 0.6 is 0 Å². The van der Waals surface area contributed by atoms with Crippen molar-refractivity contribution >= 4 is 11.8 Å². The lowest BCUT2D eigenvalue weighted by Gasteiger charge is -2.14. The normalized spacial score (nSPS) is 26.9. The lowest BCUT2D eigenvalue weighted by molar-refractivity contribution is -0.149. The van der Waals surface area contributed by atoms with Crippen molar-refractivity contribution in [3.05, 3.63) is 0 Å². The number of hydrogen-bond acceptors (Lipinski definition) is 3. The quantitative estimate of drug-likeness (QED) is 0.587. The molecule has 0 saturated carbocycles. The molecule has 0 aliphatic carbocycles. The number of cyclic esters (lactones) is 1. The zero-order chi connectivity index (χ0) is 9.35. The first-order valence-corrected chi connectivity index (χ1v) is 4.13. The molecule has 1 fully saturated rings. The molecule has 1 heterocycles. The molecule has 3 nitrogen and oxygen atoms in total. The van der Waals surface area contributed by atoms with Gasteiger partial charge in [0.25, 0.3) is 0 Å². The van der Waals surface area contributed by atoms with Crippen molar-refractivity contribution in [3.63, 3.8) is 0 Å². The summed E-state index contributed by atoms with van der Waals surface area (Å²) in [5.41, 5.74) is -0.378. The van der Waals surface area contributed by atoms with Crippen molar-refractivity contribution < 1.29 is 14.3 Å². The molecule has 0 aromatic rings. The smallest absolute Gasteiger partial charge is 0.310 e. The van der Waals surface area contributed by atoms with Crippen LogP contribution < -0.4 is 0 Å². The minimum Gasteiger partial charge on any atom is -0.459 e. The Labute approximate surface area is 72.1 Å². The third-order valence-electron chi connectivity index (χ3n) is 1.98. The van der Waals surface area contributed by atoms with Crippen LogP contribution in [0.4, 0.5) is 0 Å². The predicted molar refractivity (Wildman–Crippen MR) is 43.6 cm³/mol. The van der Waals surface area contributed by atoms with Gasteiger partial charge >= 0.3 is 5.97 Å². The molecule has 0 spiro atoms. The number of carbonyl (C=O) groups excluding carboxylic acids is 2. The summed E-state index contributed by atoms with van der Waals surface area (Å²) in [6, 6.07) is 0. The zero-order valence-corrected chi connectivity index (χ0v) is 7.72. The minimum absolute atomic E-state index is 0.0506. The first-order valence-electron chi connectivity index (χ1n) is 4.13. The summed E-state index contributed by atoms with van der Waals surface area (Å²) in [5, 5.41) is 0. The molecular weight excluding hydrogens is 156 g/mol. The topological polar surface area (TPSA) is 43.4 Å². The lowest BCUT2D eigenvalue weighted by Crippen LogP contribution is -2.17. The SMILES string of the molecule is CC(=O)C[C@@H]1CC(C)(C)OC1=O. The van der Waals surface area contributed by atoms with Gasteiger partial charge in [0, 0.05) is 12.8 Å². The maximum absolute atomic E-state index is 11.2. The van der Waals surface area contributed by atoms with Gasteiger partial charge in [0.05, 0.1) is 5.92 Å². The average Bonchev–Trinajstić information content (AvgIpc) is 2.03. The van der Waals surface area contributed by atoms with Crippen LogP contribution in [0, 0.1) is 5.92 Å². The van der Waals surface area contributed by atoms with E-state index in [9.17, 15) is 9.59 Å². The molecule has 0 bridgehead atoms. The van der Waals surface area contributed by atoms with Gasteiger partial charge in [0.15, 0.2) is 0 Å². The van der Waals surface area contributed by atoms with Crippen LogP contribution in [0.3, 0.4) is 0 Å². The maximum Gasteiger partial charge on any atom is 0.310 e. The summed E-state index contributed by atoms with van der Waals surface area (Å²) in [7, 11) is 0. The fourth-order valence-electron chi connectivity index (χ4n) is 1.58. The number of esters is 1. The summed E-state index contributed by atoms with van der Waals surface area (Å²) < 4.78 is 5.07. The zero-order valence-electron chi connectivity index (χ0n) is 7.72. The van der Waals surface area contributed by atoms with Gasteiger partial charge in [-0.25, -0.2) is 0 Å². The number of carbonyl (C=O) groups is 2. The van der Waals surface area contributed by atoms with E-state index in [2.05, 4.69) is 0 Å². The molecular formula is C9H14O3. The Balaban J connectivity index is 2.58. The molecule has 3 heteroatoms. The molecule has 0 aromatic heterocycles. The molecule has 1 atom stereocenters.